The van der Waals surface area contributed by atoms with E-state index in [1.165, 1.54) is 12.1 Å². The molecular weight excluding hydrogens is 380 g/mol. The Morgan fingerprint density at radius 1 is 1.00 bits per heavy atom. The summed E-state index contributed by atoms with van der Waals surface area (Å²) in [6, 6.07) is 13.6. The van der Waals surface area contributed by atoms with E-state index in [0.29, 0.717) is 35.2 Å². The SMILES string of the molecule is CC1(C)CC(=O)C2C(=NC3=C(C(=O)c4ccccc43)[C@H]2c2cccc([N+](=O)[O-])c2)C1. The molecule has 0 bridgehead atoms. The van der Waals surface area contributed by atoms with Crippen molar-refractivity contribution in [3.63, 3.8) is 0 Å². The lowest BCUT2D eigenvalue weighted by atomic mass is 9.63. The first-order valence-corrected chi connectivity index (χ1v) is 10.00. The zero-order valence-electron chi connectivity index (χ0n) is 16.7. The summed E-state index contributed by atoms with van der Waals surface area (Å²) in [5.41, 5.74) is 3.58. The highest BCUT2D eigenvalue weighted by molar-refractivity contribution is 6.25. The Balaban J connectivity index is 1.76. The molecule has 1 aliphatic heterocycles. The molecule has 0 aromatic heterocycles. The van der Waals surface area contributed by atoms with E-state index in [2.05, 4.69) is 0 Å². The van der Waals surface area contributed by atoms with Crippen LogP contribution in [0.25, 0.3) is 5.70 Å². The highest BCUT2D eigenvalue weighted by Crippen LogP contribution is 2.52. The van der Waals surface area contributed by atoms with Crippen molar-refractivity contribution in [3.8, 4) is 0 Å². The number of ketones is 2. The van der Waals surface area contributed by atoms with Crippen molar-refractivity contribution >= 4 is 28.7 Å². The second-order valence-corrected chi connectivity index (χ2v) is 9.03. The maximum absolute atomic E-state index is 13.4. The van der Waals surface area contributed by atoms with Crippen LogP contribution in [-0.4, -0.2) is 22.2 Å². The zero-order valence-corrected chi connectivity index (χ0v) is 16.7. The third kappa shape index (κ3) is 2.67. The molecule has 1 saturated carbocycles. The number of nitro benzene ring substituents is 1. The van der Waals surface area contributed by atoms with Gasteiger partial charge in [0.25, 0.3) is 5.69 Å². The predicted octanol–water partition coefficient (Wildman–Crippen LogP) is 4.75. The van der Waals surface area contributed by atoms with Gasteiger partial charge in [0.05, 0.1) is 16.5 Å². The molecule has 0 saturated heterocycles. The van der Waals surface area contributed by atoms with Crippen LogP contribution in [0.1, 0.15) is 54.1 Å². The van der Waals surface area contributed by atoms with Gasteiger partial charge in [-0.3, -0.25) is 24.7 Å². The number of carbonyl (C=O) groups is 2. The van der Waals surface area contributed by atoms with Crippen LogP contribution in [0.5, 0.6) is 0 Å². The van der Waals surface area contributed by atoms with E-state index in [1.54, 1.807) is 18.2 Å². The van der Waals surface area contributed by atoms with Crippen molar-refractivity contribution in [2.24, 2.45) is 16.3 Å². The highest BCUT2D eigenvalue weighted by atomic mass is 16.6. The molecule has 1 unspecified atom stereocenters. The summed E-state index contributed by atoms with van der Waals surface area (Å²) in [5, 5.41) is 11.4. The first-order valence-electron chi connectivity index (χ1n) is 10.00. The average Bonchev–Trinajstić information content (AvgIpc) is 2.98. The Labute approximate surface area is 173 Å². The molecule has 0 radical (unpaired) electrons. The third-order valence-electron chi connectivity index (χ3n) is 6.28. The fourth-order valence-corrected chi connectivity index (χ4v) is 5.11. The van der Waals surface area contributed by atoms with Gasteiger partial charge in [0.2, 0.25) is 0 Å². The van der Waals surface area contributed by atoms with Gasteiger partial charge >= 0.3 is 0 Å². The van der Waals surface area contributed by atoms with Crippen molar-refractivity contribution in [1.29, 1.82) is 0 Å². The van der Waals surface area contributed by atoms with Crippen molar-refractivity contribution in [3.05, 3.63) is 80.9 Å². The van der Waals surface area contributed by atoms with Crippen molar-refractivity contribution in [2.75, 3.05) is 0 Å². The second-order valence-electron chi connectivity index (χ2n) is 9.03. The van der Waals surface area contributed by atoms with Crippen molar-refractivity contribution < 1.29 is 14.5 Å². The lowest BCUT2D eigenvalue weighted by Gasteiger charge is -2.40. The minimum atomic E-state index is -0.559. The molecule has 0 N–H and O–H groups in total. The molecule has 150 valence electrons. The van der Waals surface area contributed by atoms with E-state index in [0.717, 1.165) is 11.3 Å². The number of nitrogens with zero attached hydrogens (tertiary/aromatic N) is 2. The van der Waals surface area contributed by atoms with Gasteiger partial charge in [-0.25, -0.2) is 0 Å². The summed E-state index contributed by atoms with van der Waals surface area (Å²) in [4.78, 5) is 42.4. The number of carbonyl (C=O) groups excluding carboxylic acids is 2. The van der Waals surface area contributed by atoms with Gasteiger partial charge in [0.1, 0.15) is 5.78 Å². The van der Waals surface area contributed by atoms with Crippen LogP contribution < -0.4 is 0 Å². The first kappa shape index (κ1) is 18.6. The van der Waals surface area contributed by atoms with Crippen LogP contribution in [0.3, 0.4) is 0 Å². The predicted molar refractivity (Wildman–Crippen MR) is 112 cm³/mol. The molecule has 3 aliphatic rings. The highest BCUT2D eigenvalue weighted by Gasteiger charge is 2.50. The minimum absolute atomic E-state index is 0.0387. The Bertz CT molecular complexity index is 1210. The molecular formula is C24H20N2O4. The Morgan fingerprint density at radius 3 is 2.47 bits per heavy atom. The zero-order chi connectivity index (χ0) is 21.2. The number of non-ortho nitro benzene ring substituents is 1. The van der Waals surface area contributed by atoms with Gasteiger partial charge in [0.15, 0.2) is 5.78 Å². The van der Waals surface area contributed by atoms with E-state index in [9.17, 15) is 19.7 Å². The second kappa shape index (κ2) is 6.29. The number of fused-ring (bicyclic) bond motifs is 3. The molecule has 0 spiro atoms. The number of aliphatic imine (C=N–C) groups is 1. The molecule has 2 atom stereocenters. The number of benzene rings is 2. The Morgan fingerprint density at radius 2 is 1.73 bits per heavy atom. The Kier molecular flexibility index (Phi) is 3.90. The number of rotatable bonds is 2. The average molecular weight is 400 g/mol. The fraction of sp³-hybridized carbons (Fsp3) is 0.292. The normalized spacial score (nSPS) is 24.1. The number of allylic oxidation sites excluding steroid dienone is 1. The van der Waals surface area contributed by atoms with E-state index in [-0.39, 0.29) is 22.7 Å². The fourth-order valence-electron chi connectivity index (χ4n) is 5.11. The van der Waals surface area contributed by atoms with Crippen LogP contribution in [-0.2, 0) is 4.79 Å². The van der Waals surface area contributed by atoms with Gasteiger partial charge in [0, 0.05) is 46.9 Å². The lowest BCUT2D eigenvalue weighted by molar-refractivity contribution is -0.384. The van der Waals surface area contributed by atoms with Gasteiger partial charge < -0.3 is 0 Å². The standard InChI is InChI=1S/C24H20N2O4/c1-24(2)11-17-20(18(27)12-24)19(13-6-5-7-14(10-13)26(29)30)21-22(25-17)15-8-3-4-9-16(15)23(21)28/h3-10,19-20H,11-12H2,1-2H3/t19-,20?/m0/s1. The molecule has 30 heavy (non-hydrogen) atoms. The van der Waals surface area contributed by atoms with Gasteiger partial charge in [-0.05, 0) is 17.4 Å². The minimum Gasteiger partial charge on any atom is -0.299 e. The van der Waals surface area contributed by atoms with Gasteiger partial charge in [-0.2, -0.15) is 0 Å². The molecule has 5 rings (SSSR count). The summed E-state index contributed by atoms with van der Waals surface area (Å²) < 4.78 is 0. The molecule has 2 aliphatic carbocycles. The molecule has 0 amide bonds. The summed E-state index contributed by atoms with van der Waals surface area (Å²) in [5.74, 6) is -1.22. The van der Waals surface area contributed by atoms with E-state index in [4.69, 9.17) is 4.99 Å². The van der Waals surface area contributed by atoms with Gasteiger partial charge in [-0.15, -0.1) is 0 Å². The maximum atomic E-state index is 13.4. The molecule has 1 fully saturated rings. The van der Waals surface area contributed by atoms with E-state index < -0.39 is 16.8 Å². The third-order valence-corrected chi connectivity index (χ3v) is 6.28. The monoisotopic (exact) mass is 400 g/mol. The number of Topliss-reactive ketones (excluding diaryl/α,β-unsaturated/α-hetero) is 2. The van der Waals surface area contributed by atoms with Gasteiger partial charge in [-0.1, -0.05) is 50.2 Å². The molecule has 6 nitrogen and oxygen atoms in total. The molecule has 2 aromatic rings. The molecule has 6 heteroatoms. The van der Waals surface area contributed by atoms with Crippen LogP contribution in [0, 0.1) is 21.4 Å². The number of hydrogen-bond donors (Lipinski definition) is 0. The summed E-state index contributed by atoms with van der Waals surface area (Å²) in [7, 11) is 0. The summed E-state index contributed by atoms with van der Waals surface area (Å²) >= 11 is 0. The lowest BCUT2D eigenvalue weighted by Crippen LogP contribution is -2.43. The van der Waals surface area contributed by atoms with Crippen molar-refractivity contribution in [2.45, 2.75) is 32.6 Å². The maximum Gasteiger partial charge on any atom is 0.269 e. The first-order chi connectivity index (χ1) is 14.3. The summed E-state index contributed by atoms with van der Waals surface area (Å²) in [6.07, 6.45) is 1.05. The number of nitro groups is 1. The molecule has 1 heterocycles. The van der Waals surface area contributed by atoms with Crippen LogP contribution in [0.4, 0.5) is 5.69 Å². The van der Waals surface area contributed by atoms with Crippen LogP contribution >= 0.6 is 0 Å². The largest absolute Gasteiger partial charge is 0.299 e. The molecule has 2 aromatic carbocycles. The topological polar surface area (TPSA) is 89.6 Å². The number of hydrogen-bond acceptors (Lipinski definition) is 5. The Hall–Kier alpha value is -3.41. The smallest absolute Gasteiger partial charge is 0.269 e. The summed E-state index contributed by atoms with van der Waals surface area (Å²) in [6.45, 7) is 4.09. The van der Waals surface area contributed by atoms with E-state index in [1.807, 2.05) is 32.0 Å². The van der Waals surface area contributed by atoms with Crippen LogP contribution in [0.15, 0.2) is 59.1 Å². The van der Waals surface area contributed by atoms with E-state index >= 15 is 0 Å². The van der Waals surface area contributed by atoms with Crippen LogP contribution in [0.2, 0.25) is 0 Å². The van der Waals surface area contributed by atoms with Crippen molar-refractivity contribution in [1.82, 2.24) is 0 Å². The quantitative estimate of drug-likeness (QED) is 0.538.